The Balaban J connectivity index is -0.000000105. The molecule has 6 heteroatoms. The first-order valence-corrected chi connectivity index (χ1v) is 11.0. The van der Waals surface area contributed by atoms with Crippen molar-refractivity contribution in [2.75, 3.05) is 19.6 Å². The quantitative estimate of drug-likeness (QED) is 0.372. The molecule has 23 heavy (non-hydrogen) atoms. The smallest absolute Gasteiger partial charge is 4.00 e. The Bertz CT molecular complexity index is 230. The van der Waals surface area contributed by atoms with Gasteiger partial charge in [-0.3, -0.25) is 0 Å². The van der Waals surface area contributed by atoms with Crippen molar-refractivity contribution < 1.29 is 29.7 Å². The molecule has 1 rings (SSSR count). The number of hydrogen-bond donors (Lipinski definition) is 0. The van der Waals surface area contributed by atoms with Gasteiger partial charge in [-0.25, -0.2) is 0 Å². The van der Waals surface area contributed by atoms with Crippen LogP contribution in [0.15, 0.2) is 24.3 Å². The summed E-state index contributed by atoms with van der Waals surface area (Å²) >= 11 is -1.73. The summed E-state index contributed by atoms with van der Waals surface area (Å²) < 4.78 is 12.7. The van der Waals surface area contributed by atoms with Gasteiger partial charge in [0.1, 0.15) is 0 Å². The van der Waals surface area contributed by atoms with E-state index in [4.69, 9.17) is 17.2 Å². The second kappa shape index (κ2) is 34.0. The van der Waals surface area contributed by atoms with E-state index in [9.17, 15) is 3.50 Å². The van der Waals surface area contributed by atoms with Crippen molar-refractivity contribution in [3.63, 3.8) is 0 Å². The summed E-state index contributed by atoms with van der Waals surface area (Å²) in [6, 6.07) is 7.44. The average Bonchev–Trinajstić information content (AvgIpc) is 3.05. The molecule has 0 bridgehead atoms. The maximum atomic E-state index is 11.7. The van der Waals surface area contributed by atoms with Gasteiger partial charge in [0.25, 0.3) is 0 Å². The average molecular weight is 465 g/mol. The second-order valence-electron chi connectivity index (χ2n) is 4.74. The van der Waals surface area contributed by atoms with Gasteiger partial charge in [-0.15, -0.1) is 0 Å². The minimum absolute atomic E-state index is 0. The molecule has 0 unspecified atom stereocenters. The third-order valence-electron chi connectivity index (χ3n) is 2.48. The summed E-state index contributed by atoms with van der Waals surface area (Å²) in [6.07, 6.45) is 6.64. The van der Waals surface area contributed by atoms with Gasteiger partial charge in [0.05, 0.1) is 0 Å². The fourth-order valence-electron chi connectivity index (χ4n) is 1.03. The molecule has 0 atom stereocenters. The molecule has 0 saturated carbocycles. The normalized spacial score (nSPS) is 8.83. The second-order valence-corrected chi connectivity index (χ2v) is 7.01. The maximum Gasteiger partial charge on any atom is 4.00 e. The van der Waals surface area contributed by atoms with Crippen molar-refractivity contribution in [3.05, 3.63) is 41.5 Å². The molecule has 3 nitrogen and oxygen atoms in total. The van der Waals surface area contributed by atoms with Gasteiger partial charge < -0.3 is 17.2 Å². The van der Waals surface area contributed by atoms with E-state index in [2.05, 4.69) is 20.8 Å². The Morgan fingerprint density at radius 2 is 1.09 bits per heavy atom. The Hall–Kier alpha value is 0.586. The number of halogens is 1. The SMILES string of the molecule is CCCC[NH-].CCCC[NH-].CCCC[NH-].[F][GeH2][c-]1cccc1.[Zr+4]. The molecule has 0 amide bonds. The molecule has 1 aromatic carbocycles. The molecule has 134 valence electrons. The van der Waals surface area contributed by atoms with Crippen LogP contribution in [0.1, 0.15) is 59.3 Å². The van der Waals surface area contributed by atoms with Crippen molar-refractivity contribution in [1.82, 2.24) is 0 Å². The molecular weight excluding hydrogens is 429 g/mol. The van der Waals surface area contributed by atoms with Crippen LogP contribution in [0.25, 0.3) is 17.2 Å². The van der Waals surface area contributed by atoms with Crippen LogP contribution < -0.4 is 4.40 Å². The van der Waals surface area contributed by atoms with E-state index in [-0.39, 0.29) is 26.2 Å². The Kier molecular flexibility index (Phi) is 46.4. The van der Waals surface area contributed by atoms with Crippen LogP contribution >= 0.6 is 0 Å². The van der Waals surface area contributed by atoms with E-state index in [1.165, 1.54) is 0 Å². The van der Waals surface area contributed by atoms with Crippen LogP contribution in [0.2, 0.25) is 0 Å². The molecule has 0 aromatic heterocycles. The third-order valence-corrected chi connectivity index (χ3v) is 4.11. The van der Waals surface area contributed by atoms with Crippen molar-refractivity contribution in [2.45, 2.75) is 59.3 Å². The van der Waals surface area contributed by atoms with E-state index in [0.29, 0.717) is 19.6 Å². The van der Waals surface area contributed by atoms with Gasteiger partial charge in [-0.2, -0.15) is 19.6 Å². The molecule has 1 aromatic rings. The first-order valence-electron chi connectivity index (χ1n) is 8.38. The summed E-state index contributed by atoms with van der Waals surface area (Å²) in [5.74, 6) is 0. The fourth-order valence-corrected chi connectivity index (χ4v) is 1.98. The molecule has 0 aliphatic heterocycles. The fraction of sp³-hybridized carbons (Fsp3) is 0.706. The molecule has 0 radical (unpaired) electrons. The Labute approximate surface area is 169 Å². The van der Waals surface area contributed by atoms with Gasteiger partial charge >= 0.3 is 74.3 Å². The Morgan fingerprint density at radius 3 is 1.17 bits per heavy atom. The largest absolute Gasteiger partial charge is 4.00 e. The first-order chi connectivity index (χ1) is 10.7. The molecule has 0 saturated heterocycles. The Morgan fingerprint density at radius 1 is 0.783 bits per heavy atom. The molecule has 3 N–H and O–H groups in total. The van der Waals surface area contributed by atoms with E-state index < -0.39 is 15.9 Å². The number of unbranched alkanes of at least 4 members (excludes halogenated alkanes) is 3. The minimum atomic E-state index is -1.73. The first kappa shape index (κ1) is 31.4. The van der Waals surface area contributed by atoms with Gasteiger partial charge in [-0.05, 0) is 0 Å². The number of rotatable bonds is 7. The monoisotopic (exact) mass is 465 g/mol. The van der Waals surface area contributed by atoms with E-state index in [1.807, 2.05) is 24.3 Å². The minimum Gasteiger partial charge on any atom is 4.00 e. The predicted molar refractivity (Wildman–Crippen MR) is 104 cm³/mol. The molecule has 0 aliphatic rings. The molecule has 0 heterocycles. The van der Waals surface area contributed by atoms with Crippen molar-refractivity contribution >= 4 is 20.3 Å². The summed E-state index contributed by atoms with van der Waals surface area (Å²) in [5.41, 5.74) is 19.8. The van der Waals surface area contributed by atoms with Crippen LogP contribution in [-0.4, -0.2) is 35.5 Å². The van der Waals surface area contributed by atoms with Crippen LogP contribution in [0.4, 0.5) is 3.50 Å². The van der Waals surface area contributed by atoms with Crippen molar-refractivity contribution in [1.29, 1.82) is 0 Å². The van der Waals surface area contributed by atoms with Crippen molar-refractivity contribution in [2.24, 2.45) is 0 Å². The van der Waals surface area contributed by atoms with Gasteiger partial charge in [0.15, 0.2) is 0 Å². The van der Waals surface area contributed by atoms with E-state index in [1.54, 1.807) is 0 Å². The zero-order valence-electron chi connectivity index (χ0n) is 15.3. The van der Waals surface area contributed by atoms with Crippen LogP contribution in [0, 0.1) is 0 Å². The van der Waals surface area contributed by atoms with Gasteiger partial charge in [0, 0.05) is 0 Å². The van der Waals surface area contributed by atoms with Crippen LogP contribution in [-0.2, 0) is 26.2 Å². The summed E-state index contributed by atoms with van der Waals surface area (Å²) in [5, 5.41) is 0. The summed E-state index contributed by atoms with van der Waals surface area (Å²) in [6.45, 7) is 8.06. The maximum absolute atomic E-state index is 11.7. The topological polar surface area (TPSA) is 71.4 Å². The van der Waals surface area contributed by atoms with Gasteiger partial charge in [0.2, 0.25) is 0 Å². The van der Waals surface area contributed by atoms with Crippen LogP contribution in [0.5, 0.6) is 0 Å². The standard InChI is InChI=1S/C5H6FGe.3C4H10N.Zr/c6-7-5-3-1-2-4-5;3*1-2-3-4-5;/h1-4H,7H2;3*5H,2-4H2,1H3;/q4*-1;+4. The number of hydrogen-bond acceptors (Lipinski definition) is 0. The molecule has 0 spiro atoms. The van der Waals surface area contributed by atoms with E-state index in [0.717, 1.165) is 42.9 Å². The predicted octanol–water partition coefficient (Wildman–Crippen LogP) is 5.60. The molecule has 0 fully saturated rings. The number of nitrogens with one attached hydrogen (secondary N) is 3. The van der Waals surface area contributed by atoms with Crippen molar-refractivity contribution in [3.8, 4) is 0 Å². The van der Waals surface area contributed by atoms with Crippen LogP contribution in [0.3, 0.4) is 0 Å². The third kappa shape index (κ3) is 39.4. The zero-order chi connectivity index (χ0) is 17.5. The summed E-state index contributed by atoms with van der Waals surface area (Å²) in [4.78, 5) is 0. The molecular formula is C17H36FGeN3Zr. The zero-order valence-corrected chi connectivity index (χ0v) is 20.7. The molecule has 0 aliphatic carbocycles. The summed E-state index contributed by atoms with van der Waals surface area (Å²) in [7, 11) is 0. The van der Waals surface area contributed by atoms with Gasteiger partial charge in [-0.1, -0.05) is 59.3 Å². The van der Waals surface area contributed by atoms with E-state index >= 15 is 0 Å².